The SMILES string of the molecule is CC(=O)N1[C@H](C)CN(c2cc(-n3nc(Nc4ccc(NC(=O)OCC(C)C)cc4)nc3N)ncn2)C[C@@H]1C. The molecule has 1 aliphatic heterocycles. The van der Waals surface area contributed by atoms with Crippen molar-refractivity contribution >= 4 is 41.1 Å². The van der Waals surface area contributed by atoms with Gasteiger partial charge in [0.25, 0.3) is 0 Å². The maximum Gasteiger partial charge on any atom is 0.411 e. The fourth-order valence-corrected chi connectivity index (χ4v) is 4.46. The van der Waals surface area contributed by atoms with Gasteiger partial charge in [0.15, 0.2) is 5.82 Å². The molecule has 3 heterocycles. The molecule has 2 aromatic heterocycles. The van der Waals surface area contributed by atoms with Gasteiger partial charge in [0, 0.05) is 49.5 Å². The van der Waals surface area contributed by atoms with E-state index in [-0.39, 0.29) is 35.8 Å². The zero-order valence-electron chi connectivity index (χ0n) is 22.3. The molecule has 2 atom stereocenters. The topological polar surface area (TPSA) is 156 Å². The van der Waals surface area contributed by atoms with E-state index in [2.05, 4.69) is 35.6 Å². The summed E-state index contributed by atoms with van der Waals surface area (Å²) in [5.74, 6) is 1.97. The number of ether oxygens (including phenoxy) is 1. The minimum Gasteiger partial charge on any atom is -0.449 e. The first kappa shape index (κ1) is 26.6. The van der Waals surface area contributed by atoms with Crippen LogP contribution in [-0.2, 0) is 9.53 Å². The van der Waals surface area contributed by atoms with Crippen LogP contribution in [-0.4, -0.2) is 73.4 Å². The van der Waals surface area contributed by atoms with E-state index in [4.69, 9.17) is 10.5 Å². The molecule has 1 fully saturated rings. The predicted molar refractivity (Wildman–Crippen MR) is 145 cm³/mol. The van der Waals surface area contributed by atoms with Crippen molar-refractivity contribution in [2.24, 2.45) is 5.92 Å². The zero-order chi connectivity index (χ0) is 27.4. The quantitative estimate of drug-likeness (QED) is 0.421. The first-order valence-corrected chi connectivity index (χ1v) is 12.5. The number of hydrogen-bond acceptors (Lipinski definition) is 10. The summed E-state index contributed by atoms with van der Waals surface area (Å²) in [6.45, 7) is 11.3. The van der Waals surface area contributed by atoms with Crippen molar-refractivity contribution in [3.8, 4) is 5.82 Å². The van der Waals surface area contributed by atoms with Crippen LogP contribution in [0.4, 0.5) is 33.9 Å². The normalized spacial score (nSPS) is 17.4. The second kappa shape index (κ2) is 11.3. The Kier molecular flexibility index (Phi) is 7.93. The lowest BCUT2D eigenvalue weighted by molar-refractivity contribution is -0.133. The van der Waals surface area contributed by atoms with Crippen molar-refractivity contribution in [3.63, 3.8) is 0 Å². The Bertz CT molecular complexity index is 1260. The standard InChI is InChI=1S/C25H34N10O3/c1-15(2)13-38-25(37)30-20-8-6-19(7-9-20)29-24-31-23(26)35(32-24)22-10-21(27-14-28-22)33-11-16(3)34(18(5)36)17(4)12-33/h6-10,14-17H,11-13H2,1-5H3,(H,30,37)(H3,26,29,31,32)/t16-,17+. The summed E-state index contributed by atoms with van der Waals surface area (Å²) in [5, 5.41) is 10.2. The Balaban J connectivity index is 1.43. The molecule has 0 aliphatic carbocycles. The minimum absolute atomic E-state index is 0.0502. The second-order valence-corrected chi connectivity index (χ2v) is 9.79. The molecule has 1 aromatic carbocycles. The highest BCUT2D eigenvalue weighted by Gasteiger charge is 2.31. The molecule has 4 rings (SSSR count). The van der Waals surface area contributed by atoms with Gasteiger partial charge >= 0.3 is 6.09 Å². The highest BCUT2D eigenvalue weighted by atomic mass is 16.5. The largest absolute Gasteiger partial charge is 0.449 e. The monoisotopic (exact) mass is 522 g/mol. The third kappa shape index (κ3) is 6.28. The van der Waals surface area contributed by atoms with Gasteiger partial charge in [-0.25, -0.2) is 14.8 Å². The van der Waals surface area contributed by atoms with Crippen molar-refractivity contribution in [1.29, 1.82) is 0 Å². The summed E-state index contributed by atoms with van der Waals surface area (Å²) >= 11 is 0. The van der Waals surface area contributed by atoms with Crippen LogP contribution in [0.15, 0.2) is 36.7 Å². The first-order valence-electron chi connectivity index (χ1n) is 12.5. The Hall–Kier alpha value is -4.42. The summed E-state index contributed by atoms with van der Waals surface area (Å²) in [6.07, 6.45) is 0.963. The maximum atomic E-state index is 12.0. The summed E-state index contributed by atoms with van der Waals surface area (Å²) < 4.78 is 6.57. The van der Waals surface area contributed by atoms with Gasteiger partial charge in [-0.05, 0) is 44.0 Å². The van der Waals surface area contributed by atoms with E-state index in [1.807, 2.05) is 32.6 Å². The van der Waals surface area contributed by atoms with E-state index in [0.717, 1.165) is 5.82 Å². The van der Waals surface area contributed by atoms with Crippen LogP contribution in [0.25, 0.3) is 5.82 Å². The smallest absolute Gasteiger partial charge is 0.411 e. The van der Waals surface area contributed by atoms with Gasteiger partial charge in [0.2, 0.25) is 17.8 Å². The second-order valence-electron chi connectivity index (χ2n) is 9.79. The number of hydrogen-bond donors (Lipinski definition) is 3. The number of nitrogens with zero attached hydrogens (tertiary/aromatic N) is 7. The lowest BCUT2D eigenvalue weighted by Gasteiger charge is -2.44. The van der Waals surface area contributed by atoms with E-state index < -0.39 is 6.09 Å². The van der Waals surface area contributed by atoms with E-state index in [1.54, 1.807) is 37.3 Å². The third-order valence-corrected chi connectivity index (χ3v) is 6.03. The lowest BCUT2D eigenvalue weighted by atomic mass is 10.1. The van der Waals surface area contributed by atoms with E-state index in [9.17, 15) is 9.59 Å². The molecule has 0 saturated carbocycles. The number of rotatable bonds is 7. The van der Waals surface area contributed by atoms with Gasteiger partial charge in [-0.1, -0.05) is 13.8 Å². The minimum atomic E-state index is -0.499. The van der Waals surface area contributed by atoms with E-state index >= 15 is 0 Å². The summed E-state index contributed by atoms with van der Waals surface area (Å²) in [5.41, 5.74) is 7.46. The molecule has 0 radical (unpaired) electrons. The van der Waals surface area contributed by atoms with Crippen LogP contribution in [0.3, 0.4) is 0 Å². The number of nitrogens with one attached hydrogen (secondary N) is 2. The molecule has 202 valence electrons. The predicted octanol–water partition coefficient (Wildman–Crippen LogP) is 3.03. The first-order chi connectivity index (χ1) is 18.1. The Morgan fingerprint density at radius 1 is 1.08 bits per heavy atom. The number of anilines is 5. The van der Waals surface area contributed by atoms with Crippen LogP contribution < -0.4 is 21.3 Å². The molecule has 1 aliphatic rings. The van der Waals surface area contributed by atoms with Crippen LogP contribution in [0, 0.1) is 5.92 Å². The Morgan fingerprint density at radius 2 is 1.71 bits per heavy atom. The summed E-state index contributed by atoms with van der Waals surface area (Å²) in [4.78, 5) is 40.9. The number of benzene rings is 1. The van der Waals surface area contributed by atoms with Gasteiger partial charge in [0.1, 0.15) is 12.1 Å². The molecule has 4 N–H and O–H groups in total. The molecule has 13 nitrogen and oxygen atoms in total. The number of amides is 2. The van der Waals surface area contributed by atoms with Gasteiger partial charge in [-0.3, -0.25) is 10.1 Å². The number of aromatic nitrogens is 5. The highest BCUT2D eigenvalue weighted by molar-refractivity contribution is 5.85. The highest BCUT2D eigenvalue weighted by Crippen LogP contribution is 2.24. The fraction of sp³-hybridized carbons (Fsp3) is 0.440. The average Bonchev–Trinajstić information content (AvgIpc) is 3.23. The molecule has 0 bridgehead atoms. The van der Waals surface area contributed by atoms with Gasteiger partial charge < -0.3 is 25.6 Å². The Labute approximate surface area is 221 Å². The molecule has 0 spiro atoms. The summed E-state index contributed by atoms with van der Waals surface area (Å²) in [7, 11) is 0. The van der Waals surface area contributed by atoms with Crippen molar-refractivity contribution in [3.05, 3.63) is 36.7 Å². The van der Waals surface area contributed by atoms with Crippen LogP contribution in [0.2, 0.25) is 0 Å². The maximum absolute atomic E-state index is 12.0. The van der Waals surface area contributed by atoms with Gasteiger partial charge in [-0.15, -0.1) is 5.10 Å². The van der Waals surface area contributed by atoms with E-state index in [1.165, 1.54) is 11.0 Å². The molecular formula is C25H34N10O3. The number of carbonyl (C=O) groups is 2. The zero-order valence-corrected chi connectivity index (χ0v) is 22.3. The third-order valence-electron chi connectivity index (χ3n) is 6.03. The van der Waals surface area contributed by atoms with Crippen LogP contribution in [0.5, 0.6) is 0 Å². The van der Waals surface area contributed by atoms with Crippen LogP contribution in [0.1, 0.15) is 34.6 Å². The van der Waals surface area contributed by atoms with Crippen molar-refractivity contribution < 1.29 is 14.3 Å². The fourth-order valence-electron chi connectivity index (χ4n) is 4.46. The van der Waals surface area contributed by atoms with Crippen molar-refractivity contribution in [2.45, 2.75) is 46.7 Å². The summed E-state index contributed by atoms with van der Waals surface area (Å²) in [6, 6.07) is 8.94. The molecule has 3 aromatic rings. The van der Waals surface area contributed by atoms with Crippen LogP contribution >= 0.6 is 0 Å². The molecule has 38 heavy (non-hydrogen) atoms. The lowest BCUT2D eigenvalue weighted by Crippen LogP contribution is -2.58. The molecule has 1 saturated heterocycles. The number of carbonyl (C=O) groups excluding carboxylic acids is 2. The molecule has 13 heteroatoms. The van der Waals surface area contributed by atoms with Crippen molar-refractivity contribution in [1.82, 2.24) is 29.6 Å². The average molecular weight is 523 g/mol. The number of piperazine rings is 1. The number of nitrogens with two attached hydrogens (primary N) is 1. The van der Waals surface area contributed by atoms with Gasteiger partial charge in [0.05, 0.1) is 6.61 Å². The molecule has 0 unspecified atom stereocenters. The Morgan fingerprint density at radius 3 is 2.34 bits per heavy atom. The van der Waals surface area contributed by atoms with Gasteiger partial charge in [-0.2, -0.15) is 9.67 Å². The van der Waals surface area contributed by atoms with Crippen molar-refractivity contribution in [2.75, 3.05) is 41.0 Å². The molecular weight excluding hydrogens is 488 g/mol. The molecule has 2 amide bonds. The van der Waals surface area contributed by atoms with E-state index in [0.29, 0.717) is 36.9 Å². The number of nitrogen functional groups attached to an aromatic ring is 1.